The molecule has 2 rings (SSSR count). The lowest BCUT2D eigenvalue weighted by Crippen LogP contribution is -2.39. The molecule has 0 N–H and O–H groups in total. The van der Waals surface area contributed by atoms with E-state index in [0.717, 1.165) is 6.42 Å². The molecule has 2 aromatic rings. The van der Waals surface area contributed by atoms with Gasteiger partial charge in [0.1, 0.15) is 7.11 Å². The Morgan fingerprint density at radius 1 is 0.933 bits per heavy atom. The van der Waals surface area contributed by atoms with E-state index in [1.165, 1.54) is 11.1 Å². The highest BCUT2D eigenvalue weighted by Gasteiger charge is 2.00. The fourth-order valence-electron chi connectivity index (χ4n) is 1.51. The molecule has 1 heterocycles. The van der Waals surface area contributed by atoms with Crippen molar-refractivity contribution >= 4 is 0 Å². The van der Waals surface area contributed by atoms with Gasteiger partial charge in [-0.15, -0.1) is 0 Å². The van der Waals surface area contributed by atoms with E-state index in [2.05, 4.69) is 36.4 Å². The van der Waals surface area contributed by atoms with E-state index in [0.29, 0.717) is 0 Å². The Morgan fingerprint density at radius 2 is 1.53 bits per heavy atom. The van der Waals surface area contributed by atoms with Crippen LogP contribution in [0.3, 0.4) is 0 Å². The van der Waals surface area contributed by atoms with Crippen molar-refractivity contribution in [2.45, 2.75) is 6.42 Å². The Hall–Kier alpha value is -1.83. The number of aromatic nitrogens is 1. The second-order valence-corrected chi connectivity index (χ2v) is 3.41. The van der Waals surface area contributed by atoms with Crippen molar-refractivity contribution in [1.82, 2.24) is 0 Å². The highest BCUT2D eigenvalue weighted by Crippen LogP contribution is 2.06. The van der Waals surface area contributed by atoms with Gasteiger partial charge in [-0.1, -0.05) is 30.3 Å². The summed E-state index contributed by atoms with van der Waals surface area (Å²) in [6, 6.07) is 14.6. The fourth-order valence-corrected chi connectivity index (χ4v) is 1.51. The van der Waals surface area contributed by atoms with Crippen molar-refractivity contribution in [2.24, 2.45) is 0 Å². The molecule has 0 saturated carbocycles. The molecule has 2 nitrogen and oxygen atoms in total. The van der Waals surface area contributed by atoms with Crippen molar-refractivity contribution in [3.63, 3.8) is 0 Å². The van der Waals surface area contributed by atoms with Gasteiger partial charge in [-0.2, -0.15) is 0 Å². The second kappa shape index (κ2) is 4.60. The Bertz CT molecular complexity index is 408. The molecule has 1 aromatic heterocycles. The molecule has 0 bridgehead atoms. The molecule has 0 fully saturated rings. The van der Waals surface area contributed by atoms with Crippen LogP contribution in [0.2, 0.25) is 0 Å². The Balaban J connectivity index is 2.11. The number of hydrogen-bond acceptors (Lipinski definition) is 1. The van der Waals surface area contributed by atoms with Gasteiger partial charge in [0.25, 0.3) is 0 Å². The zero-order valence-electron chi connectivity index (χ0n) is 8.76. The Morgan fingerprint density at radius 3 is 2.13 bits per heavy atom. The third-order valence-corrected chi connectivity index (χ3v) is 2.33. The van der Waals surface area contributed by atoms with Gasteiger partial charge in [-0.25, -0.2) is 0 Å². The lowest BCUT2D eigenvalue weighted by molar-refractivity contribution is -0.885. The van der Waals surface area contributed by atoms with E-state index in [-0.39, 0.29) is 0 Å². The minimum Gasteiger partial charge on any atom is -0.275 e. The number of nitrogens with zero attached hydrogens (tertiary/aromatic N) is 1. The first-order valence-electron chi connectivity index (χ1n) is 4.97. The minimum atomic E-state index is 0.964. The van der Waals surface area contributed by atoms with Gasteiger partial charge < -0.3 is 0 Å². The van der Waals surface area contributed by atoms with Crippen LogP contribution in [0.1, 0.15) is 11.1 Å². The normalized spacial score (nSPS) is 9.93. The summed E-state index contributed by atoms with van der Waals surface area (Å²) in [7, 11) is 1.65. The summed E-state index contributed by atoms with van der Waals surface area (Å²) in [6.45, 7) is 0. The van der Waals surface area contributed by atoms with Crippen molar-refractivity contribution in [3.05, 3.63) is 66.0 Å². The van der Waals surface area contributed by atoms with Gasteiger partial charge in [0.2, 0.25) is 12.4 Å². The molecule has 0 aliphatic rings. The van der Waals surface area contributed by atoms with Gasteiger partial charge in [0.15, 0.2) is 0 Å². The van der Waals surface area contributed by atoms with Crippen molar-refractivity contribution in [1.29, 1.82) is 0 Å². The van der Waals surface area contributed by atoms with Gasteiger partial charge in [0, 0.05) is 16.9 Å². The first-order chi connectivity index (χ1) is 7.38. The summed E-state index contributed by atoms with van der Waals surface area (Å²) in [4.78, 5) is 5.04. The predicted molar refractivity (Wildman–Crippen MR) is 58.4 cm³/mol. The smallest absolute Gasteiger partial charge is 0.222 e. The summed E-state index contributed by atoms with van der Waals surface area (Å²) in [6.07, 6.45) is 4.79. The molecule has 0 aliphatic carbocycles. The summed E-state index contributed by atoms with van der Waals surface area (Å²) in [5.74, 6) is 0. The molecule has 0 spiro atoms. The second-order valence-electron chi connectivity index (χ2n) is 3.41. The summed E-state index contributed by atoms with van der Waals surface area (Å²) in [5.41, 5.74) is 2.61. The van der Waals surface area contributed by atoms with Crippen LogP contribution >= 0.6 is 0 Å². The topological polar surface area (TPSA) is 13.1 Å². The first kappa shape index (κ1) is 9.71. The summed E-state index contributed by atoms with van der Waals surface area (Å²) < 4.78 is 1.68. The van der Waals surface area contributed by atoms with Crippen LogP contribution < -0.4 is 9.57 Å². The highest BCUT2D eigenvalue weighted by molar-refractivity contribution is 5.23. The number of benzene rings is 1. The van der Waals surface area contributed by atoms with E-state index in [4.69, 9.17) is 4.84 Å². The fraction of sp³-hybridized carbons (Fsp3) is 0.154. The maximum Gasteiger partial charge on any atom is 0.222 e. The molecular formula is C13H14NO+. The maximum atomic E-state index is 5.04. The molecule has 0 atom stereocenters. The van der Waals surface area contributed by atoms with E-state index in [1.807, 2.05) is 18.5 Å². The van der Waals surface area contributed by atoms with E-state index in [1.54, 1.807) is 11.8 Å². The Labute approximate surface area is 89.7 Å². The maximum absolute atomic E-state index is 5.04. The molecule has 0 saturated heterocycles. The zero-order chi connectivity index (χ0) is 10.5. The third kappa shape index (κ3) is 2.56. The van der Waals surface area contributed by atoms with Crippen LogP contribution in [0.25, 0.3) is 0 Å². The van der Waals surface area contributed by atoms with Gasteiger partial charge in [-0.05, 0) is 17.5 Å². The van der Waals surface area contributed by atoms with Crippen LogP contribution in [0.4, 0.5) is 0 Å². The molecule has 76 valence electrons. The van der Waals surface area contributed by atoms with Crippen LogP contribution in [0, 0.1) is 0 Å². The quantitative estimate of drug-likeness (QED) is 0.686. The lowest BCUT2D eigenvalue weighted by atomic mass is 10.1. The van der Waals surface area contributed by atoms with Crippen LogP contribution in [0.15, 0.2) is 54.9 Å². The monoisotopic (exact) mass is 200 g/mol. The number of pyridine rings is 1. The molecule has 0 aliphatic heterocycles. The van der Waals surface area contributed by atoms with Crippen LogP contribution in [-0.2, 0) is 6.42 Å². The average Bonchev–Trinajstić information content (AvgIpc) is 2.31. The standard InChI is InChI=1S/C13H14NO/c1-15-14-9-7-13(8-10-14)11-12-5-3-2-4-6-12/h2-10H,11H2,1H3/q+1. The number of hydrogen-bond donors (Lipinski definition) is 0. The molecule has 1 aromatic carbocycles. The van der Waals surface area contributed by atoms with Gasteiger partial charge in [-0.3, -0.25) is 4.84 Å². The van der Waals surface area contributed by atoms with Crippen LogP contribution in [0.5, 0.6) is 0 Å². The SMILES string of the molecule is CO[n+]1ccc(Cc2ccccc2)cc1. The largest absolute Gasteiger partial charge is 0.275 e. The molecule has 0 unspecified atom stereocenters. The molecule has 0 amide bonds. The predicted octanol–water partition coefficient (Wildman–Crippen LogP) is 1.62. The Kier molecular flexibility index (Phi) is 2.98. The summed E-state index contributed by atoms with van der Waals surface area (Å²) in [5, 5.41) is 0. The van der Waals surface area contributed by atoms with Crippen LogP contribution in [-0.4, -0.2) is 7.11 Å². The minimum absolute atomic E-state index is 0.964. The highest BCUT2D eigenvalue weighted by atomic mass is 16.6. The molecular weight excluding hydrogens is 186 g/mol. The van der Waals surface area contributed by atoms with Crippen molar-refractivity contribution in [3.8, 4) is 0 Å². The van der Waals surface area contributed by atoms with Crippen molar-refractivity contribution in [2.75, 3.05) is 7.11 Å². The summed E-state index contributed by atoms with van der Waals surface area (Å²) >= 11 is 0. The molecule has 15 heavy (non-hydrogen) atoms. The van der Waals surface area contributed by atoms with Gasteiger partial charge >= 0.3 is 0 Å². The van der Waals surface area contributed by atoms with E-state index >= 15 is 0 Å². The van der Waals surface area contributed by atoms with E-state index < -0.39 is 0 Å². The lowest BCUT2D eigenvalue weighted by Gasteiger charge is -1.99. The van der Waals surface area contributed by atoms with E-state index in [9.17, 15) is 0 Å². The average molecular weight is 200 g/mol. The zero-order valence-corrected chi connectivity index (χ0v) is 8.76. The number of rotatable bonds is 3. The van der Waals surface area contributed by atoms with Crippen molar-refractivity contribution < 1.29 is 9.57 Å². The first-order valence-corrected chi connectivity index (χ1v) is 4.97. The third-order valence-electron chi connectivity index (χ3n) is 2.33. The molecule has 2 heteroatoms. The van der Waals surface area contributed by atoms with Gasteiger partial charge in [0.05, 0.1) is 0 Å². The molecule has 0 radical (unpaired) electrons.